The van der Waals surface area contributed by atoms with Crippen molar-refractivity contribution in [2.45, 2.75) is 25.8 Å². The molecule has 0 aliphatic heterocycles. The smallest absolute Gasteiger partial charge is 0.127 e. The van der Waals surface area contributed by atoms with E-state index in [9.17, 15) is 4.39 Å². The number of unbranched alkanes of at least 4 members (excludes halogenated alkanes) is 1. The number of benzene rings is 2. The van der Waals surface area contributed by atoms with Crippen LogP contribution < -0.4 is 10.1 Å². The van der Waals surface area contributed by atoms with Crippen molar-refractivity contribution in [1.82, 2.24) is 5.32 Å². The summed E-state index contributed by atoms with van der Waals surface area (Å²) in [6.07, 6.45) is 3.09. The molecule has 0 saturated carbocycles. The lowest BCUT2D eigenvalue weighted by Gasteiger charge is -2.09. The monoisotopic (exact) mass is 287 g/mol. The summed E-state index contributed by atoms with van der Waals surface area (Å²) >= 11 is 0. The van der Waals surface area contributed by atoms with Gasteiger partial charge >= 0.3 is 0 Å². The van der Waals surface area contributed by atoms with Crippen LogP contribution in [0.4, 0.5) is 4.39 Å². The van der Waals surface area contributed by atoms with Crippen LogP contribution in [-0.4, -0.2) is 13.7 Å². The third kappa shape index (κ3) is 5.56. The van der Waals surface area contributed by atoms with Crippen LogP contribution in [-0.2, 0) is 13.0 Å². The Bertz CT molecular complexity index is 542. The van der Waals surface area contributed by atoms with E-state index in [1.54, 1.807) is 0 Å². The number of halogens is 1. The van der Waals surface area contributed by atoms with Crippen molar-refractivity contribution < 1.29 is 9.13 Å². The molecule has 3 heteroatoms. The summed E-state index contributed by atoms with van der Waals surface area (Å²) in [5, 5.41) is 3.01. The first-order valence-electron chi connectivity index (χ1n) is 7.39. The van der Waals surface area contributed by atoms with E-state index in [-0.39, 0.29) is 5.82 Å². The Morgan fingerprint density at radius 3 is 2.57 bits per heavy atom. The Hall–Kier alpha value is -1.87. The highest BCUT2D eigenvalue weighted by molar-refractivity contribution is 5.29. The summed E-state index contributed by atoms with van der Waals surface area (Å²) in [5.41, 5.74) is 2.25. The molecule has 2 rings (SSSR count). The van der Waals surface area contributed by atoms with E-state index >= 15 is 0 Å². The van der Waals surface area contributed by atoms with Crippen molar-refractivity contribution in [1.29, 1.82) is 0 Å². The van der Waals surface area contributed by atoms with Gasteiger partial charge in [0.25, 0.3) is 0 Å². The second-order valence-electron chi connectivity index (χ2n) is 5.12. The summed E-state index contributed by atoms with van der Waals surface area (Å²) in [7, 11) is 1.84. The highest BCUT2D eigenvalue weighted by atomic mass is 19.1. The second-order valence-corrected chi connectivity index (χ2v) is 5.12. The number of hydrogen-bond donors (Lipinski definition) is 1. The van der Waals surface area contributed by atoms with Crippen LogP contribution in [0.1, 0.15) is 24.0 Å². The largest absolute Gasteiger partial charge is 0.493 e. The molecule has 0 spiro atoms. The molecule has 0 radical (unpaired) electrons. The molecule has 21 heavy (non-hydrogen) atoms. The van der Waals surface area contributed by atoms with Crippen LogP contribution in [0.15, 0.2) is 48.5 Å². The first kappa shape index (κ1) is 15.5. The lowest BCUT2D eigenvalue weighted by molar-refractivity contribution is 0.305. The van der Waals surface area contributed by atoms with Crippen LogP contribution >= 0.6 is 0 Å². The topological polar surface area (TPSA) is 21.3 Å². The normalized spacial score (nSPS) is 10.6. The zero-order valence-corrected chi connectivity index (χ0v) is 12.4. The van der Waals surface area contributed by atoms with E-state index in [4.69, 9.17) is 4.74 Å². The first-order chi connectivity index (χ1) is 10.3. The average molecular weight is 287 g/mol. The molecule has 2 nitrogen and oxygen atoms in total. The fraction of sp³-hybridized carbons (Fsp3) is 0.333. The number of rotatable bonds is 8. The molecule has 0 bridgehead atoms. The van der Waals surface area contributed by atoms with Crippen molar-refractivity contribution in [2.75, 3.05) is 13.7 Å². The lowest BCUT2D eigenvalue weighted by atomic mass is 10.1. The SMILES string of the molecule is CNCc1cc(F)cc(OCCCCc2ccccc2)c1. The van der Waals surface area contributed by atoms with Gasteiger partial charge in [-0.15, -0.1) is 0 Å². The predicted molar refractivity (Wildman–Crippen MR) is 84.0 cm³/mol. The third-order valence-electron chi connectivity index (χ3n) is 3.28. The van der Waals surface area contributed by atoms with E-state index in [2.05, 4.69) is 29.6 Å². The summed E-state index contributed by atoms with van der Waals surface area (Å²) in [6.45, 7) is 1.26. The van der Waals surface area contributed by atoms with E-state index in [0.717, 1.165) is 24.8 Å². The van der Waals surface area contributed by atoms with Gasteiger partial charge in [-0.05, 0) is 49.6 Å². The van der Waals surface area contributed by atoms with Gasteiger partial charge in [0.15, 0.2) is 0 Å². The minimum Gasteiger partial charge on any atom is -0.493 e. The predicted octanol–water partition coefficient (Wildman–Crippen LogP) is 3.95. The summed E-state index contributed by atoms with van der Waals surface area (Å²) in [4.78, 5) is 0. The highest BCUT2D eigenvalue weighted by Gasteiger charge is 2.01. The van der Waals surface area contributed by atoms with Crippen molar-refractivity contribution in [3.63, 3.8) is 0 Å². The zero-order valence-electron chi connectivity index (χ0n) is 12.4. The van der Waals surface area contributed by atoms with E-state index in [1.165, 1.54) is 17.7 Å². The average Bonchev–Trinajstić information content (AvgIpc) is 2.48. The lowest BCUT2D eigenvalue weighted by Crippen LogP contribution is -2.06. The molecule has 2 aromatic carbocycles. The zero-order chi connectivity index (χ0) is 14.9. The Balaban J connectivity index is 1.73. The maximum absolute atomic E-state index is 13.4. The van der Waals surface area contributed by atoms with Crippen LogP contribution in [0.3, 0.4) is 0 Å². The number of ether oxygens (including phenoxy) is 1. The van der Waals surface area contributed by atoms with E-state index < -0.39 is 0 Å². The Morgan fingerprint density at radius 1 is 1.00 bits per heavy atom. The summed E-state index contributed by atoms with van der Waals surface area (Å²) in [5.74, 6) is 0.363. The van der Waals surface area contributed by atoms with Gasteiger partial charge in [0.2, 0.25) is 0 Å². The van der Waals surface area contributed by atoms with Gasteiger partial charge in [0.1, 0.15) is 11.6 Å². The minimum absolute atomic E-state index is 0.248. The maximum atomic E-state index is 13.4. The molecule has 0 aliphatic rings. The molecule has 0 aliphatic carbocycles. The molecule has 0 atom stereocenters. The quantitative estimate of drug-likeness (QED) is 0.742. The van der Waals surface area contributed by atoms with Gasteiger partial charge in [-0.25, -0.2) is 4.39 Å². The van der Waals surface area contributed by atoms with Gasteiger partial charge in [-0.3, -0.25) is 0 Å². The number of nitrogens with one attached hydrogen (secondary N) is 1. The van der Waals surface area contributed by atoms with Gasteiger partial charge in [-0.2, -0.15) is 0 Å². The number of aryl methyl sites for hydroxylation is 1. The molecule has 0 aromatic heterocycles. The first-order valence-corrected chi connectivity index (χ1v) is 7.39. The van der Waals surface area contributed by atoms with Gasteiger partial charge < -0.3 is 10.1 Å². The fourth-order valence-electron chi connectivity index (χ4n) is 2.28. The van der Waals surface area contributed by atoms with E-state index in [1.807, 2.05) is 19.2 Å². The molecular weight excluding hydrogens is 265 g/mol. The van der Waals surface area contributed by atoms with Crippen LogP contribution in [0.25, 0.3) is 0 Å². The fourth-order valence-corrected chi connectivity index (χ4v) is 2.28. The van der Waals surface area contributed by atoms with Crippen molar-refractivity contribution in [2.24, 2.45) is 0 Å². The minimum atomic E-state index is -0.248. The van der Waals surface area contributed by atoms with Gasteiger partial charge in [0, 0.05) is 12.6 Å². The van der Waals surface area contributed by atoms with Crippen LogP contribution in [0, 0.1) is 5.82 Å². The van der Waals surface area contributed by atoms with Crippen molar-refractivity contribution in [3.8, 4) is 5.75 Å². The van der Waals surface area contributed by atoms with Crippen molar-refractivity contribution in [3.05, 3.63) is 65.5 Å². The van der Waals surface area contributed by atoms with Crippen LogP contribution in [0.2, 0.25) is 0 Å². The Kier molecular flexibility index (Phi) is 6.22. The molecule has 2 aromatic rings. The second kappa shape index (κ2) is 8.42. The molecular formula is C18H22FNO. The van der Waals surface area contributed by atoms with Crippen LogP contribution in [0.5, 0.6) is 5.75 Å². The molecule has 0 unspecified atom stereocenters. The molecule has 112 valence electrons. The maximum Gasteiger partial charge on any atom is 0.127 e. The van der Waals surface area contributed by atoms with E-state index in [0.29, 0.717) is 18.9 Å². The Morgan fingerprint density at radius 2 is 1.81 bits per heavy atom. The molecule has 0 saturated heterocycles. The van der Waals surface area contributed by atoms with Gasteiger partial charge in [-0.1, -0.05) is 30.3 Å². The molecule has 0 heterocycles. The number of hydrogen-bond acceptors (Lipinski definition) is 2. The molecule has 0 fully saturated rings. The molecule has 1 N–H and O–H groups in total. The van der Waals surface area contributed by atoms with Gasteiger partial charge in [0.05, 0.1) is 6.61 Å². The Labute approximate surface area is 126 Å². The highest BCUT2D eigenvalue weighted by Crippen LogP contribution is 2.17. The van der Waals surface area contributed by atoms with Crippen molar-refractivity contribution >= 4 is 0 Å². The molecule has 0 amide bonds. The summed E-state index contributed by atoms with van der Waals surface area (Å²) in [6, 6.07) is 15.3. The standard InChI is InChI=1S/C18H22FNO/c1-20-14-16-11-17(19)13-18(12-16)21-10-6-5-9-15-7-3-2-4-8-15/h2-4,7-8,11-13,20H,5-6,9-10,14H2,1H3. The summed E-state index contributed by atoms with van der Waals surface area (Å²) < 4.78 is 19.1. The third-order valence-corrected chi connectivity index (χ3v) is 3.28.